The summed E-state index contributed by atoms with van der Waals surface area (Å²) in [5.74, 6) is 0.291. The maximum atomic E-state index is 12.3. The average Bonchev–Trinajstić information content (AvgIpc) is 3.65. The molecule has 206 valence electrons. The number of imidazole rings is 1. The highest BCUT2D eigenvalue weighted by atomic mass is 35.5. The molecule has 2 N–H and O–H groups in total. The first-order valence-electron chi connectivity index (χ1n) is 12.7. The highest BCUT2D eigenvalue weighted by Crippen LogP contribution is 2.37. The smallest absolute Gasteiger partial charge is 0.360 e. The lowest BCUT2D eigenvalue weighted by molar-refractivity contribution is -0.00621. The number of rotatable bonds is 7. The number of oxazole rings is 1. The number of dihydropyridines is 1. The number of nitrogens with zero attached hydrogens (tertiary/aromatic N) is 5. The number of alkyl halides is 1. The topological polar surface area (TPSA) is 128 Å². The van der Waals surface area contributed by atoms with Gasteiger partial charge in [0.25, 0.3) is 0 Å². The van der Waals surface area contributed by atoms with Gasteiger partial charge in [-0.3, -0.25) is 0 Å². The quantitative estimate of drug-likeness (QED) is 0.187. The lowest BCUT2D eigenvalue weighted by Crippen LogP contribution is -2.58. The van der Waals surface area contributed by atoms with Crippen LogP contribution in [0.2, 0.25) is 0 Å². The molecule has 14 heteroatoms. The molecule has 3 atom stereocenters. The fraction of sp³-hybridized carbons (Fsp3) is 0.440. The number of hydrogen-bond acceptors (Lipinski definition) is 12. The number of ether oxygens (including phenoxy) is 3. The van der Waals surface area contributed by atoms with Gasteiger partial charge < -0.3 is 34.2 Å². The maximum absolute atomic E-state index is 12.3. The van der Waals surface area contributed by atoms with Crippen LogP contribution in [0.5, 0.6) is 0 Å². The molecule has 0 saturated carbocycles. The average molecular weight is 574 g/mol. The van der Waals surface area contributed by atoms with Crippen LogP contribution in [0.15, 0.2) is 47.3 Å². The predicted molar refractivity (Wildman–Crippen MR) is 142 cm³/mol. The van der Waals surface area contributed by atoms with Crippen LogP contribution >= 0.6 is 22.9 Å². The van der Waals surface area contributed by atoms with Gasteiger partial charge in [-0.05, 0) is 32.2 Å². The number of carbonyl (C=O) groups is 1. The first-order valence-corrected chi connectivity index (χ1v) is 13.9. The second-order valence-corrected chi connectivity index (χ2v) is 10.9. The molecule has 3 unspecified atom stereocenters. The summed E-state index contributed by atoms with van der Waals surface area (Å²) in [4.78, 5) is 23.3. The van der Waals surface area contributed by atoms with Gasteiger partial charge in [0.2, 0.25) is 10.9 Å². The van der Waals surface area contributed by atoms with E-state index in [2.05, 4.69) is 20.7 Å². The summed E-state index contributed by atoms with van der Waals surface area (Å²) in [5, 5.41) is 12.0. The van der Waals surface area contributed by atoms with Gasteiger partial charge in [-0.1, -0.05) is 22.9 Å². The second kappa shape index (κ2) is 10.6. The Labute approximate surface area is 233 Å². The van der Waals surface area contributed by atoms with Crippen LogP contribution in [-0.2, 0) is 20.6 Å². The van der Waals surface area contributed by atoms with Gasteiger partial charge >= 0.3 is 5.97 Å². The summed E-state index contributed by atoms with van der Waals surface area (Å²) in [6.07, 6.45) is 10.5. The highest BCUT2D eigenvalue weighted by molar-refractivity contribution is 7.16. The Hall–Kier alpha value is -3.39. The van der Waals surface area contributed by atoms with Crippen molar-refractivity contribution in [3.8, 4) is 0 Å². The van der Waals surface area contributed by atoms with Crippen LogP contribution < -0.4 is 10.6 Å². The fourth-order valence-electron chi connectivity index (χ4n) is 4.89. The number of halogens is 1. The third kappa shape index (κ3) is 4.80. The molecule has 0 aromatic carbocycles. The van der Waals surface area contributed by atoms with E-state index in [0.717, 1.165) is 27.9 Å². The number of aryl methyl sites for hydroxylation is 1. The molecule has 3 aliphatic heterocycles. The number of carbonyl (C=O) groups excluding carboxylic acids is 1. The number of hydrogen-bond donors (Lipinski definition) is 2. The first kappa shape index (κ1) is 25.9. The van der Waals surface area contributed by atoms with E-state index in [1.807, 2.05) is 34.7 Å². The minimum atomic E-state index is -1.06. The zero-order valence-corrected chi connectivity index (χ0v) is 23.0. The van der Waals surface area contributed by atoms with Crippen molar-refractivity contribution in [2.24, 2.45) is 0 Å². The third-order valence-electron chi connectivity index (χ3n) is 6.67. The van der Waals surface area contributed by atoms with Gasteiger partial charge in [0, 0.05) is 32.3 Å². The number of esters is 1. The summed E-state index contributed by atoms with van der Waals surface area (Å²) in [5.41, 5.74) is 1.84. The molecule has 0 amide bonds. The molecule has 3 aromatic heterocycles. The Kier molecular flexibility index (Phi) is 7.06. The van der Waals surface area contributed by atoms with Crippen LogP contribution in [-0.4, -0.2) is 74.4 Å². The van der Waals surface area contributed by atoms with Crippen LogP contribution in [0, 0.1) is 6.92 Å². The van der Waals surface area contributed by atoms with Crippen molar-refractivity contribution < 1.29 is 23.4 Å². The largest absolute Gasteiger partial charge is 0.464 e. The minimum absolute atomic E-state index is 0.104. The molecule has 0 aliphatic carbocycles. The number of nitrogens with one attached hydrogen (secondary N) is 2. The number of allylic oxidation sites excluding steroid dienone is 2. The molecule has 6 heterocycles. The van der Waals surface area contributed by atoms with Gasteiger partial charge in [-0.25, -0.2) is 19.3 Å². The molecule has 12 nitrogen and oxygen atoms in total. The Bertz CT molecular complexity index is 1460. The lowest BCUT2D eigenvalue weighted by Gasteiger charge is -2.39. The van der Waals surface area contributed by atoms with Crippen molar-refractivity contribution in [2.45, 2.75) is 37.4 Å². The summed E-state index contributed by atoms with van der Waals surface area (Å²) >= 11 is 8.50. The predicted octanol–water partition coefficient (Wildman–Crippen LogP) is 2.62. The third-order valence-corrected chi connectivity index (χ3v) is 8.03. The molecule has 3 aliphatic rings. The Balaban J connectivity index is 1.30. The van der Waals surface area contributed by atoms with E-state index < -0.39 is 17.0 Å². The van der Waals surface area contributed by atoms with Gasteiger partial charge in [0.1, 0.15) is 29.4 Å². The summed E-state index contributed by atoms with van der Waals surface area (Å²) in [6.45, 7) is 6.45. The van der Waals surface area contributed by atoms with Crippen molar-refractivity contribution in [1.29, 1.82) is 0 Å². The Morgan fingerprint density at radius 2 is 2.31 bits per heavy atom. The van der Waals surface area contributed by atoms with E-state index in [1.54, 1.807) is 19.4 Å². The standard InChI is InChI=1S/C25H28ClN7O5S/c1-3-35-23(34)17-14-38-22(29-17)21-20-16(30-24-33(20)31-15(2)39-24)6-9-32(21)10-12-37-18-5-4-7-28-25(18,26)19-13-27-8-11-36-19/h4-5,7,10,12,14,19,21,27-28H,3,6,8-9,11,13H2,1-2H3. The maximum Gasteiger partial charge on any atom is 0.360 e. The van der Waals surface area contributed by atoms with E-state index in [1.165, 1.54) is 17.6 Å². The van der Waals surface area contributed by atoms with Crippen LogP contribution in [0.3, 0.4) is 0 Å². The van der Waals surface area contributed by atoms with E-state index >= 15 is 0 Å². The van der Waals surface area contributed by atoms with E-state index in [-0.39, 0.29) is 18.4 Å². The zero-order chi connectivity index (χ0) is 27.0. The van der Waals surface area contributed by atoms with Gasteiger partial charge in [0.05, 0.1) is 24.6 Å². The van der Waals surface area contributed by atoms with E-state index in [0.29, 0.717) is 37.8 Å². The molecule has 1 fully saturated rings. The van der Waals surface area contributed by atoms with Crippen molar-refractivity contribution in [3.05, 3.63) is 70.8 Å². The van der Waals surface area contributed by atoms with Crippen molar-refractivity contribution >= 4 is 33.9 Å². The molecule has 0 bridgehead atoms. The molecule has 0 radical (unpaired) electrons. The minimum Gasteiger partial charge on any atom is -0.464 e. The molecular formula is C25H28ClN7O5S. The molecular weight excluding hydrogens is 546 g/mol. The number of fused-ring (bicyclic) bond motifs is 3. The normalized spacial score (nSPS) is 25.0. The van der Waals surface area contributed by atoms with Gasteiger partial charge in [-0.15, -0.1) is 0 Å². The summed E-state index contributed by atoms with van der Waals surface area (Å²) < 4.78 is 24.8. The molecule has 0 spiro atoms. The zero-order valence-electron chi connectivity index (χ0n) is 21.4. The van der Waals surface area contributed by atoms with Crippen LogP contribution in [0.4, 0.5) is 0 Å². The second-order valence-electron chi connectivity index (χ2n) is 9.15. The number of aromatic nitrogens is 4. The molecule has 39 heavy (non-hydrogen) atoms. The van der Waals surface area contributed by atoms with Crippen molar-refractivity contribution in [2.75, 3.05) is 32.8 Å². The van der Waals surface area contributed by atoms with Gasteiger partial charge in [0.15, 0.2) is 16.7 Å². The Morgan fingerprint density at radius 3 is 3.13 bits per heavy atom. The fourth-order valence-corrected chi connectivity index (χ4v) is 5.97. The van der Waals surface area contributed by atoms with E-state index in [4.69, 9.17) is 35.2 Å². The van der Waals surface area contributed by atoms with Crippen molar-refractivity contribution in [1.82, 2.24) is 35.1 Å². The first-order chi connectivity index (χ1) is 19.0. The lowest BCUT2D eigenvalue weighted by atomic mass is 10.0. The summed E-state index contributed by atoms with van der Waals surface area (Å²) in [7, 11) is 0. The summed E-state index contributed by atoms with van der Waals surface area (Å²) in [6, 6.07) is -0.502. The molecule has 6 rings (SSSR count). The van der Waals surface area contributed by atoms with Gasteiger partial charge in [-0.2, -0.15) is 5.10 Å². The van der Waals surface area contributed by atoms with Crippen LogP contribution in [0.25, 0.3) is 4.96 Å². The van der Waals surface area contributed by atoms with Crippen molar-refractivity contribution in [3.63, 3.8) is 0 Å². The number of morpholine rings is 1. The van der Waals surface area contributed by atoms with Crippen LogP contribution in [0.1, 0.15) is 45.7 Å². The van der Waals surface area contributed by atoms with E-state index in [9.17, 15) is 4.79 Å². The highest BCUT2D eigenvalue weighted by Gasteiger charge is 2.44. The SMILES string of the molecule is CCOC(=O)c1coc(C2c3c(nc4sc(C)nn34)CCN2C=COC2=CC=CNC2(Cl)C2CNCCO2)n1. The molecule has 3 aromatic rings. The Morgan fingerprint density at radius 1 is 1.41 bits per heavy atom. The monoisotopic (exact) mass is 573 g/mol. The molecule has 1 saturated heterocycles.